The topological polar surface area (TPSA) is 282 Å². The molecular weight excluding hydrogens is 871 g/mol. The van der Waals surface area contributed by atoms with E-state index >= 15 is 0 Å². The van der Waals surface area contributed by atoms with Crippen LogP contribution in [0.25, 0.3) is 11.1 Å². The van der Waals surface area contributed by atoms with Crippen LogP contribution in [0.5, 0.6) is 0 Å². The Morgan fingerprint density at radius 2 is 1.44 bits per heavy atom. The van der Waals surface area contributed by atoms with E-state index < -0.39 is 90.8 Å². The minimum atomic E-state index is -1.57. The minimum absolute atomic E-state index is 0.0228. The summed E-state index contributed by atoms with van der Waals surface area (Å²) in [4.78, 5) is 92.0. The maximum absolute atomic E-state index is 13.6. The van der Waals surface area contributed by atoms with E-state index in [1.165, 1.54) is 19.4 Å². The van der Waals surface area contributed by atoms with Gasteiger partial charge >= 0.3 is 7.12 Å². The Balaban J connectivity index is 1.10. The van der Waals surface area contributed by atoms with Crippen molar-refractivity contribution in [1.29, 1.82) is 0 Å². The summed E-state index contributed by atoms with van der Waals surface area (Å²) < 4.78 is 12.7. The van der Waals surface area contributed by atoms with Gasteiger partial charge in [0.05, 0.1) is 30.2 Å². The van der Waals surface area contributed by atoms with Gasteiger partial charge in [-0.05, 0) is 125 Å². The van der Waals surface area contributed by atoms with Gasteiger partial charge in [0, 0.05) is 18.5 Å². The van der Waals surface area contributed by atoms with Gasteiger partial charge in [-0.15, -0.1) is 0 Å². The Kier molecular flexibility index (Phi) is 18.7. The van der Waals surface area contributed by atoms with Gasteiger partial charge in [0.1, 0.15) is 24.2 Å². The lowest BCUT2D eigenvalue weighted by atomic mass is 9.43. The van der Waals surface area contributed by atoms with Gasteiger partial charge in [0.25, 0.3) is 5.91 Å². The number of hydrogen-bond acceptors (Lipinski definition) is 11. The van der Waals surface area contributed by atoms with Crippen molar-refractivity contribution in [2.75, 3.05) is 13.1 Å². The van der Waals surface area contributed by atoms with Crippen LogP contribution in [0.4, 0.5) is 0 Å². The summed E-state index contributed by atoms with van der Waals surface area (Å²) >= 11 is 0. The molecule has 19 heteroatoms. The molecule has 2 aromatic rings. The number of carbonyl (C=O) groups is 7. The van der Waals surface area contributed by atoms with E-state index in [-0.39, 0.29) is 36.8 Å². The largest absolute Gasteiger partial charge is 0.481 e. The van der Waals surface area contributed by atoms with E-state index in [9.17, 15) is 38.7 Å². The molecule has 68 heavy (non-hydrogen) atoms. The standard InChI is InChI=1S/C49H73BN8O10/c1-8-9-12-31-14-16-32(17-15-31)33-18-20-34(21-19-33)44(63)53-24-22-41(61)56-36(13-10-11-23-51)45(64)58-42(29(3)59)47(66)54-28(2)43(62)57-37(27-40(52)60)46(65)55-30(4)50-67-39-26-35-25-38(48(35,5)6)49(39,7)68-50/h14-21,28-30,35-39,42,59H,8-13,22-27,51H2,1-7H3,(H2,52,60)(H,53,63)(H,54,66)(H,55,65)(H,56,61)(H,57,62)(H,58,64)/t28-,29?,30+,35+,36-,37?,38+,39-,42-,49+/m0/s1. The number of nitrogens with two attached hydrogens (primary N) is 2. The predicted octanol–water partition coefficient (Wildman–Crippen LogP) is 1.93. The van der Waals surface area contributed by atoms with Crippen LogP contribution in [0.1, 0.15) is 122 Å². The number of unbranched alkanes of at least 4 members (excludes halogenated alkanes) is 2. The van der Waals surface area contributed by atoms with E-state index in [1.807, 2.05) is 12.1 Å². The molecule has 6 rings (SSSR count). The SMILES string of the molecule is CCCCc1ccc(-c2ccc(C(=O)NCCC(=O)N[C@@H](CCCCN)C(=O)N[C@H](C(=O)N[C@@H](C)C(=O)NC(CC(N)=O)C(=O)N[C@H](C)B3O[C@H]4C[C@H]5C[C@H](C5(C)C)[C@@]4(C)O3)C(C)O)cc2)cc1. The van der Waals surface area contributed by atoms with Crippen LogP contribution in [0.2, 0.25) is 0 Å². The Morgan fingerprint density at radius 1 is 0.794 bits per heavy atom. The number of carbonyl (C=O) groups excluding carboxylic acids is 7. The first-order valence-corrected chi connectivity index (χ1v) is 24.2. The third-order valence-electron chi connectivity index (χ3n) is 14.1. The van der Waals surface area contributed by atoms with Gasteiger partial charge in [-0.2, -0.15) is 0 Å². The van der Waals surface area contributed by atoms with Gasteiger partial charge in [0.2, 0.25) is 35.4 Å². The Morgan fingerprint density at radius 3 is 2.04 bits per heavy atom. The fraction of sp³-hybridized carbons (Fsp3) is 0.612. The Bertz CT molecular complexity index is 2110. The smallest absolute Gasteiger partial charge is 0.404 e. The summed E-state index contributed by atoms with van der Waals surface area (Å²) in [5, 5.41) is 26.2. The van der Waals surface area contributed by atoms with Crippen LogP contribution in [0, 0.1) is 17.3 Å². The highest BCUT2D eigenvalue weighted by molar-refractivity contribution is 6.47. The molecule has 3 aliphatic carbocycles. The summed E-state index contributed by atoms with van der Waals surface area (Å²) in [5.74, 6) is -4.89. The van der Waals surface area contributed by atoms with E-state index in [2.05, 4.69) is 83.9 Å². The zero-order valence-corrected chi connectivity index (χ0v) is 40.7. The van der Waals surface area contributed by atoms with Gasteiger partial charge in [-0.1, -0.05) is 63.6 Å². The van der Waals surface area contributed by atoms with Crippen molar-refractivity contribution < 1.29 is 48.0 Å². The number of amides is 7. The highest BCUT2D eigenvalue weighted by atomic mass is 16.7. The lowest BCUT2D eigenvalue weighted by Gasteiger charge is -2.64. The molecule has 7 amide bonds. The second-order valence-electron chi connectivity index (χ2n) is 19.6. The number of nitrogens with one attached hydrogen (secondary N) is 6. The number of benzene rings is 2. The van der Waals surface area contributed by atoms with Crippen LogP contribution < -0.4 is 43.4 Å². The molecule has 10 atom stereocenters. The summed E-state index contributed by atoms with van der Waals surface area (Å²) in [7, 11) is -0.764. The van der Waals surface area contributed by atoms with Crippen molar-refractivity contribution in [3.8, 4) is 11.1 Å². The first-order valence-electron chi connectivity index (χ1n) is 24.2. The second kappa shape index (κ2) is 23.8. The zero-order chi connectivity index (χ0) is 49.9. The molecule has 0 aromatic heterocycles. The summed E-state index contributed by atoms with van der Waals surface area (Å²) in [6.07, 6.45) is 4.06. The van der Waals surface area contributed by atoms with Gasteiger partial charge in [0.15, 0.2) is 0 Å². The van der Waals surface area contributed by atoms with E-state index in [4.69, 9.17) is 20.8 Å². The van der Waals surface area contributed by atoms with E-state index in [0.717, 1.165) is 43.2 Å². The highest BCUT2D eigenvalue weighted by Gasteiger charge is 2.68. The van der Waals surface area contributed by atoms with E-state index in [1.54, 1.807) is 19.1 Å². The third-order valence-corrected chi connectivity index (χ3v) is 14.1. The van der Waals surface area contributed by atoms with Crippen LogP contribution in [0.15, 0.2) is 48.5 Å². The number of primary amides is 1. The Hall–Kier alpha value is -5.37. The molecule has 1 heterocycles. The number of aryl methyl sites for hydroxylation is 1. The summed E-state index contributed by atoms with van der Waals surface area (Å²) in [6.45, 7) is 13.3. The molecule has 1 aliphatic heterocycles. The average molecular weight is 945 g/mol. The van der Waals surface area contributed by atoms with Crippen LogP contribution in [0.3, 0.4) is 0 Å². The molecule has 11 N–H and O–H groups in total. The minimum Gasteiger partial charge on any atom is -0.404 e. The lowest BCUT2D eigenvalue weighted by Crippen LogP contribution is -2.65. The third kappa shape index (κ3) is 13.4. The van der Waals surface area contributed by atoms with Crippen LogP contribution in [-0.4, -0.2) is 115 Å². The summed E-state index contributed by atoms with van der Waals surface area (Å²) in [5.41, 5.74) is 14.4. The van der Waals surface area contributed by atoms with Crippen molar-refractivity contribution in [2.24, 2.45) is 28.7 Å². The first kappa shape index (κ1) is 53.6. The predicted molar refractivity (Wildman–Crippen MR) is 257 cm³/mol. The number of rotatable bonds is 25. The van der Waals surface area contributed by atoms with Gasteiger partial charge in [-0.25, -0.2) is 0 Å². The van der Waals surface area contributed by atoms with E-state index in [0.29, 0.717) is 36.8 Å². The maximum Gasteiger partial charge on any atom is 0.481 e. The fourth-order valence-corrected chi connectivity index (χ4v) is 9.72. The van der Waals surface area contributed by atoms with Crippen molar-refractivity contribution in [3.05, 3.63) is 59.7 Å². The molecule has 1 saturated heterocycles. The molecule has 4 aliphatic rings. The van der Waals surface area contributed by atoms with Crippen molar-refractivity contribution in [3.63, 3.8) is 0 Å². The van der Waals surface area contributed by atoms with Crippen molar-refractivity contribution >= 4 is 48.5 Å². The summed E-state index contributed by atoms with van der Waals surface area (Å²) in [6, 6.07) is 10.1. The first-order chi connectivity index (χ1) is 32.2. The molecule has 3 saturated carbocycles. The number of aliphatic hydroxyl groups excluding tert-OH is 1. The van der Waals surface area contributed by atoms with Crippen LogP contribution in [-0.2, 0) is 44.5 Å². The van der Waals surface area contributed by atoms with Gasteiger partial charge < -0.3 is 57.8 Å². The molecule has 18 nitrogen and oxygen atoms in total. The molecule has 0 spiro atoms. The van der Waals surface area contributed by atoms with Crippen LogP contribution >= 0.6 is 0 Å². The molecule has 2 bridgehead atoms. The second-order valence-corrected chi connectivity index (χ2v) is 19.6. The average Bonchev–Trinajstić information content (AvgIpc) is 3.67. The monoisotopic (exact) mass is 945 g/mol. The fourth-order valence-electron chi connectivity index (χ4n) is 9.72. The molecule has 4 fully saturated rings. The molecule has 372 valence electrons. The van der Waals surface area contributed by atoms with Gasteiger partial charge in [-0.3, -0.25) is 33.6 Å². The molecule has 2 aromatic carbocycles. The maximum atomic E-state index is 13.6. The zero-order valence-electron chi connectivity index (χ0n) is 40.7. The molecular formula is C49H73BN8O10. The quantitative estimate of drug-likeness (QED) is 0.0512. The molecule has 2 unspecified atom stereocenters. The number of aliphatic hydroxyl groups is 1. The highest BCUT2D eigenvalue weighted by Crippen LogP contribution is 2.65. The molecule has 0 radical (unpaired) electrons. The van der Waals surface area contributed by atoms with Crippen molar-refractivity contribution in [2.45, 2.75) is 161 Å². The van der Waals surface area contributed by atoms with Crippen molar-refractivity contribution in [1.82, 2.24) is 31.9 Å². The Labute approximate surface area is 400 Å². The number of hydrogen-bond donors (Lipinski definition) is 9. The lowest BCUT2D eigenvalue weighted by molar-refractivity contribution is -0.199. The normalized spacial score (nSPS) is 22.7.